The molecule has 0 aliphatic heterocycles. The molecule has 12 heteroatoms. The van der Waals surface area contributed by atoms with E-state index in [1.807, 2.05) is 44.9 Å². The number of halogens is 2. The molecule has 37 heavy (non-hydrogen) atoms. The van der Waals surface area contributed by atoms with Crippen LogP contribution in [0.1, 0.15) is 40.8 Å². The van der Waals surface area contributed by atoms with Crippen LogP contribution in [0.4, 0.5) is 5.82 Å². The summed E-state index contributed by atoms with van der Waals surface area (Å²) >= 11 is 11.0. The molecule has 0 aromatic carbocycles. The monoisotopic (exact) mass is 602 g/mol. The van der Waals surface area contributed by atoms with E-state index in [9.17, 15) is 14.4 Å². The van der Waals surface area contributed by atoms with Crippen molar-refractivity contribution in [3.63, 3.8) is 0 Å². The largest absolute Gasteiger partial charge is 0.354 e. The van der Waals surface area contributed by atoms with Gasteiger partial charge in [-0.3, -0.25) is 14.4 Å². The van der Waals surface area contributed by atoms with Crippen LogP contribution >= 0.6 is 38.9 Å². The van der Waals surface area contributed by atoms with Crippen molar-refractivity contribution >= 4 is 56.4 Å². The zero-order valence-electron chi connectivity index (χ0n) is 20.6. The highest BCUT2D eigenvalue weighted by molar-refractivity contribution is 9.10. The second-order valence-electron chi connectivity index (χ2n) is 9.48. The minimum absolute atomic E-state index is 0.190. The number of aromatic nitrogens is 5. The fourth-order valence-corrected chi connectivity index (χ4v) is 5.21. The van der Waals surface area contributed by atoms with Gasteiger partial charge in [0.1, 0.15) is 11.5 Å². The first-order valence-corrected chi connectivity index (χ1v) is 13.2. The summed E-state index contributed by atoms with van der Waals surface area (Å²) in [4.78, 5) is 42.4. The summed E-state index contributed by atoms with van der Waals surface area (Å²) in [6, 6.07) is 8.64. The number of anilines is 1. The minimum atomic E-state index is -0.715. The van der Waals surface area contributed by atoms with Gasteiger partial charge in [-0.05, 0) is 40.2 Å². The smallest absolute Gasteiger partial charge is 0.260 e. The lowest BCUT2D eigenvalue weighted by Gasteiger charge is -2.22. The Balaban J connectivity index is 1.76. The van der Waals surface area contributed by atoms with E-state index in [1.165, 1.54) is 33.0 Å². The maximum absolute atomic E-state index is 13.4. The van der Waals surface area contributed by atoms with Crippen LogP contribution in [-0.2, 0) is 13.1 Å². The number of carbonyl (C=O) groups is 2. The Kier molecular flexibility index (Phi) is 7.77. The van der Waals surface area contributed by atoms with E-state index >= 15 is 0 Å². The summed E-state index contributed by atoms with van der Waals surface area (Å²) in [6.07, 6.45) is 4.32. The number of ketones is 1. The van der Waals surface area contributed by atoms with Crippen molar-refractivity contribution in [2.24, 2.45) is 5.41 Å². The van der Waals surface area contributed by atoms with Crippen LogP contribution in [0.15, 0.2) is 58.2 Å². The van der Waals surface area contributed by atoms with E-state index in [0.29, 0.717) is 32.4 Å². The first kappa shape index (κ1) is 26.9. The maximum Gasteiger partial charge on any atom is 0.260 e. The molecule has 0 fully saturated rings. The molecular formula is C25H24BrClN6O3S. The number of pyridine rings is 1. The molecule has 0 atom stereocenters. The minimum Gasteiger partial charge on any atom is -0.354 e. The molecule has 0 unspecified atom stereocenters. The van der Waals surface area contributed by atoms with Crippen LogP contribution in [0.5, 0.6) is 0 Å². The number of hydrogen-bond acceptors (Lipinski definition) is 8. The van der Waals surface area contributed by atoms with Gasteiger partial charge in [0.2, 0.25) is 0 Å². The van der Waals surface area contributed by atoms with Crippen LogP contribution in [0.3, 0.4) is 0 Å². The number of nitrogens with zero attached hydrogens (tertiary/aromatic N) is 6. The van der Waals surface area contributed by atoms with E-state index in [2.05, 4.69) is 31.2 Å². The van der Waals surface area contributed by atoms with Crippen molar-refractivity contribution in [2.75, 3.05) is 11.9 Å². The van der Waals surface area contributed by atoms with Crippen molar-refractivity contribution < 1.29 is 9.59 Å². The molecule has 192 valence electrons. The van der Waals surface area contributed by atoms with Gasteiger partial charge < -0.3 is 9.47 Å². The zero-order valence-corrected chi connectivity index (χ0v) is 23.8. The summed E-state index contributed by atoms with van der Waals surface area (Å²) in [5.41, 5.74) is -0.203. The van der Waals surface area contributed by atoms with Crippen LogP contribution in [0.25, 0.3) is 11.3 Å². The van der Waals surface area contributed by atoms with Gasteiger partial charge >= 0.3 is 0 Å². The van der Waals surface area contributed by atoms with Crippen molar-refractivity contribution in [1.82, 2.24) is 24.5 Å². The van der Waals surface area contributed by atoms with Gasteiger partial charge in [-0.25, -0.2) is 0 Å². The highest BCUT2D eigenvalue weighted by Gasteiger charge is 2.29. The quantitative estimate of drug-likeness (QED) is 0.268. The predicted molar refractivity (Wildman–Crippen MR) is 148 cm³/mol. The van der Waals surface area contributed by atoms with Crippen molar-refractivity contribution in [1.29, 1.82) is 0 Å². The Hall–Kier alpha value is -3.15. The molecule has 0 radical (unpaired) electrons. The van der Waals surface area contributed by atoms with Gasteiger partial charge in [-0.15, -0.1) is 11.3 Å². The molecule has 0 N–H and O–H groups in total. The lowest BCUT2D eigenvalue weighted by molar-refractivity contribution is 0.0751. The van der Waals surface area contributed by atoms with E-state index < -0.39 is 11.0 Å². The third-order valence-electron chi connectivity index (χ3n) is 5.49. The predicted octanol–water partition coefficient (Wildman–Crippen LogP) is 5.18. The molecule has 4 aromatic heterocycles. The van der Waals surface area contributed by atoms with Gasteiger partial charge in [0.25, 0.3) is 11.5 Å². The Morgan fingerprint density at radius 3 is 2.54 bits per heavy atom. The summed E-state index contributed by atoms with van der Waals surface area (Å²) in [5.74, 6) is 0.0225. The number of carbonyl (C=O) groups excluding carboxylic acids is 2. The highest BCUT2D eigenvalue weighted by atomic mass is 79.9. The topological polar surface area (TPSA) is 103 Å². The third-order valence-corrected chi connectivity index (χ3v) is 7.14. The Labute approximate surface area is 230 Å². The number of Topliss-reactive ketones (excluding diaryl/α,β-unsaturated/α-hetero) is 1. The average molecular weight is 604 g/mol. The molecule has 9 nitrogen and oxygen atoms in total. The van der Waals surface area contributed by atoms with Gasteiger partial charge in [0.05, 0.1) is 35.4 Å². The molecule has 0 saturated heterocycles. The molecule has 0 aliphatic carbocycles. The molecule has 4 aromatic rings. The van der Waals surface area contributed by atoms with Crippen LogP contribution < -0.4 is 10.5 Å². The number of rotatable bonds is 7. The van der Waals surface area contributed by atoms with E-state index in [-0.39, 0.29) is 23.8 Å². The Bertz CT molecular complexity index is 1520. The second-order valence-corrected chi connectivity index (χ2v) is 12.2. The average Bonchev–Trinajstić information content (AvgIpc) is 3.46. The summed E-state index contributed by atoms with van der Waals surface area (Å²) < 4.78 is 3.91. The fourth-order valence-electron chi connectivity index (χ4n) is 3.60. The summed E-state index contributed by atoms with van der Waals surface area (Å²) in [6.45, 7) is 5.74. The second kappa shape index (κ2) is 10.7. The first-order valence-electron chi connectivity index (χ1n) is 11.2. The Morgan fingerprint density at radius 1 is 1.16 bits per heavy atom. The molecule has 4 heterocycles. The normalized spacial score (nSPS) is 11.5. The molecule has 0 saturated carbocycles. The van der Waals surface area contributed by atoms with Crippen molar-refractivity contribution in [2.45, 2.75) is 33.9 Å². The summed E-state index contributed by atoms with van der Waals surface area (Å²) in [5, 5.41) is 12.0. The van der Waals surface area contributed by atoms with Gasteiger partial charge in [-0.1, -0.05) is 32.4 Å². The van der Waals surface area contributed by atoms with E-state index in [4.69, 9.17) is 11.6 Å². The molecule has 0 spiro atoms. The van der Waals surface area contributed by atoms with Gasteiger partial charge in [0, 0.05) is 39.6 Å². The summed E-state index contributed by atoms with van der Waals surface area (Å²) in [7, 11) is 1.85. The maximum atomic E-state index is 13.4. The number of hydrogen-bond donors (Lipinski definition) is 0. The van der Waals surface area contributed by atoms with Crippen molar-refractivity contribution in [3.05, 3.63) is 78.5 Å². The molecule has 0 aliphatic rings. The standard InChI is InChI=1S/C25H24BrClN6O3S/c1-25(2,3)24(36)33-22(31(4)13-17-5-6-21(27)37-17)10-19(30-33)18-9-16(26)12-32(23(18)35)14-20(34)15-7-8-28-29-11-15/h5-12H,13-14H2,1-4H3. The van der Waals surface area contributed by atoms with Crippen LogP contribution in [-0.4, -0.2) is 43.3 Å². The van der Waals surface area contributed by atoms with Crippen LogP contribution in [0.2, 0.25) is 4.34 Å². The van der Waals surface area contributed by atoms with E-state index in [1.54, 1.807) is 24.4 Å². The number of thiophene rings is 1. The zero-order chi connectivity index (χ0) is 26.9. The van der Waals surface area contributed by atoms with Gasteiger partial charge in [-0.2, -0.15) is 20.0 Å². The SMILES string of the molecule is CN(Cc1ccc(Cl)s1)c1cc(-c2cc(Br)cn(CC(=O)c3ccnnc3)c2=O)nn1C(=O)C(C)(C)C. The van der Waals surface area contributed by atoms with Crippen LogP contribution in [0, 0.1) is 5.41 Å². The molecular weight excluding hydrogens is 580 g/mol. The fraction of sp³-hybridized carbons (Fsp3) is 0.280. The molecule has 0 amide bonds. The van der Waals surface area contributed by atoms with Crippen molar-refractivity contribution in [3.8, 4) is 11.3 Å². The first-order chi connectivity index (χ1) is 17.4. The van der Waals surface area contributed by atoms with E-state index in [0.717, 1.165) is 4.88 Å². The molecule has 0 bridgehead atoms. The third kappa shape index (κ3) is 6.06. The lowest BCUT2D eigenvalue weighted by Crippen LogP contribution is -2.31. The van der Waals surface area contributed by atoms with Gasteiger partial charge in [0.15, 0.2) is 5.78 Å². The lowest BCUT2D eigenvalue weighted by atomic mass is 9.96. The molecule has 4 rings (SSSR count). The Morgan fingerprint density at radius 2 is 1.92 bits per heavy atom. The highest BCUT2D eigenvalue weighted by Crippen LogP contribution is 2.29.